The average molecular weight is 1060 g/mol. The van der Waals surface area contributed by atoms with Gasteiger partial charge >= 0.3 is 19.8 Å². The van der Waals surface area contributed by atoms with Crippen LogP contribution >= 0.6 is 7.82 Å². The van der Waals surface area contributed by atoms with Crippen molar-refractivity contribution in [3.05, 3.63) is 85.1 Å². The van der Waals surface area contributed by atoms with Crippen LogP contribution in [0.5, 0.6) is 0 Å². The minimum Gasteiger partial charge on any atom is -0.462 e. The number of hydrogen-bond acceptors (Lipinski definition) is 7. The zero-order chi connectivity index (χ0) is 54.2. The lowest BCUT2D eigenvalue weighted by Gasteiger charge is -2.24. The Morgan fingerprint density at radius 2 is 0.797 bits per heavy atom. The van der Waals surface area contributed by atoms with Gasteiger partial charge in [0.2, 0.25) is 0 Å². The molecule has 0 fully saturated rings. The molecule has 0 saturated carbocycles. The maximum absolute atomic E-state index is 12.8. The Morgan fingerprint density at radius 3 is 1.20 bits per heavy atom. The van der Waals surface area contributed by atoms with Gasteiger partial charge in [0.05, 0.1) is 27.7 Å². The highest BCUT2D eigenvalue weighted by molar-refractivity contribution is 7.47. The molecule has 9 nitrogen and oxygen atoms in total. The number of phosphoric acid groups is 1. The van der Waals surface area contributed by atoms with E-state index in [2.05, 4.69) is 86.8 Å². The second kappa shape index (κ2) is 55.0. The summed E-state index contributed by atoms with van der Waals surface area (Å²) in [5, 5.41) is 0. The van der Waals surface area contributed by atoms with Gasteiger partial charge in [-0.25, -0.2) is 4.57 Å². The lowest BCUT2D eigenvalue weighted by molar-refractivity contribution is -0.870. The Hall–Kier alpha value is -2.81. The summed E-state index contributed by atoms with van der Waals surface area (Å²) >= 11 is 0. The van der Waals surface area contributed by atoms with Crippen molar-refractivity contribution in [2.75, 3.05) is 47.5 Å². The SMILES string of the molecule is CC/C=C\C/C=C\C/C=C\C/C=C\C/C=C\C/C=C\CCC(=O)OC(COC(=O)CCCCCCCCCCCCCCCCCCCCC/C=C\CCCCCCCCCC)COP(=O)(O)OCC[N+](C)(C)C. The summed E-state index contributed by atoms with van der Waals surface area (Å²) in [5.74, 6) is -0.892. The van der Waals surface area contributed by atoms with Gasteiger partial charge in [0.25, 0.3) is 0 Å². The third-order valence-corrected chi connectivity index (χ3v) is 13.9. The molecule has 10 heteroatoms. The zero-order valence-corrected chi connectivity index (χ0v) is 49.5. The summed E-state index contributed by atoms with van der Waals surface area (Å²) in [6.45, 7) is 4.25. The van der Waals surface area contributed by atoms with E-state index in [-0.39, 0.29) is 32.0 Å². The fourth-order valence-corrected chi connectivity index (χ4v) is 9.01. The van der Waals surface area contributed by atoms with E-state index in [1.165, 1.54) is 167 Å². The second-order valence-corrected chi connectivity index (χ2v) is 22.8. The van der Waals surface area contributed by atoms with Gasteiger partial charge in [0, 0.05) is 12.8 Å². The number of carbonyl (C=O) groups is 2. The van der Waals surface area contributed by atoms with Crippen molar-refractivity contribution in [1.29, 1.82) is 0 Å². The summed E-state index contributed by atoms with van der Waals surface area (Å²) in [5.41, 5.74) is 0. The first-order chi connectivity index (χ1) is 36.0. The van der Waals surface area contributed by atoms with Gasteiger partial charge < -0.3 is 18.9 Å². The third-order valence-electron chi connectivity index (χ3n) is 12.9. The van der Waals surface area contributed by atoms with Crippen LogP contribution in [0.15, 0.2) is 85.1 Å². The van der Waals surface area contributed by atoms with Crippen LogP contribution in [0.3, 0.4) is 0 Å². The fraction of sp³-hybridized carbons (Fsp3) is 0.750. The van der Waals surface area contributed by atoms with E-state index in [1.54, 1.807) is 0 Å². The predicted molar refractivity (Wildman–Crippen MR) is 316 cm³/mol. The highest BCUT2D eigenvalue weighted by Gasteiger charge is 2.27. The number of esters is 2. The largest absolute Gasteiger partial charge is 0.472 e. The summed E-state index contributed by atoms with van der Waals surface area (Å²) in [6.07, 6.45) is 74.1. The van der Waals surface area contributed by atoms with Crippen molar-refractivity contribution in [2.45, 2.75) is 264 Å². The summed E-state index contributed by atoms with van der Waals surface area (Å²) in [6, 6.07) is 0. The van der Waals surface area contributed by atoms with Crippen LogP contribution in [0.4, 0.5) is 0 Å². The maximum Gasteiger partial charge on any atom is 0.472 e. The summed E-state index contributed by atoms with van der Waals surface area (Å²) in [7, 11) is 1.43. The lowest BCUT2D eigenvalue weighted by atomic mass is 10.0. The molecule has 2 atom stereocenters. The number of phosphoric ester groups is 1. The molecule has 0 radical (unpaired) electrons. The Labute approximate surface area is 456 Å². The fourth-order valence-electron chi connectivity index (χ4n) is 8.27. The molecule has 74 heavy (non-hydrogen) atoms. The zero-order valence-electron chi connectivity index (χ0n) is 48.6. The highest BCUT2D eigenvalue weighted by atomic mass is 31.2. The van der Waals surface area contributed by atoms with Crippen molar-refractivity contribution in [3.8, 4) is 0 Å². The molecule has 0 spiro atoms. The number of nitrogens with zero attached hydrogens (tertiary/aromatic N) is 1. The number of ether oxygens (including phenoxy) is 2. The molecular weight excluding hydrogens is 942 g/mol. The number of hydrogen-bond donors (Lipinski definition) is 1. The van der Waals surface area contributed by atoms with Crippen molar-refractivity contribution in [1.82, 2.24) is 0 Å². The monoisotopic (exact) mass is 1060 g/mol. The van der Waals surface area contributed by atoms with E-state index in [9.17, 15) is 19.0 Å². The predicted octanol–water partition coefficient (Wildman–Crippen LogP) is 19.0. The molecule has 2 unspecified atom stereocenters. The Morgan fingerprint density at radius 1 is 0.432 bits per heavy atom. The number of rotatable bonds is 55. The van der Waals surface area contributed by atoms with Crippen molar-refractivity contribution in [2.24, 2.45) is 0 Å². The summed E-state index contributed by atoms with van der Waals surface area (Å²) < 4.78 is 34.5. The number of quaternary nitrogens is 1. The Bertz CT molecular complexity index is 1520. The average Bonchev–Trinajstić information content (AvgIpc) is 3.36. The maximum atomic E-state index is 12.8. The van der Waals surface area contributed by atoms with E-state index in [0.717, 1.165) is 57.8 Å². The molecule has 0 amide bonds. The number of carbonyl (C=O) groups excluding carboxylic acids is 2. The molecule has 0 saturated heterocycles. The van der Waals surface area contributed by atoms with E-state index in [0.29, 0.717) is 17.4 Å². The van der Waals surface area contributed by atoms with Gasteiger partial charge in [-0.15, -0.1) is 0 Å². The number of unbranched alkanes of at least 4 members (excludes halogenated alkanes) is 27. The smallest absolute Gasteiger partial charge is 0.462 e. The number of likely N-dealkylation sites (N-methyl/N-ethyl adjacent to an activating group) is 1. The minimum atomic E-state index is -4.41. The van der Waals surface area contributed by atoms with E-state index < -0.39 is 26.5 Å². The topological polar surface area (TPSA) is 108 Å². The van der Waals surface area contributed by atoms with Crippen LogP contribution in [0.1, 0.15) is 258 Å². The Balaban J connectivity index is 4.13. The lowest BCUT2D eigenvalue weighted by Crippen LogP contribution is -2.37. The molecule has 0 aromatic rings. The van der Waals surface area contributed by atoms with Crippen LogP contribution in [0.25, 0.3) is 0 Å². The standard InChI is InChI=1S/C64H114NO8P/c1-6-8-10-12-14-16-18-20-22-24-26-27-28-29-30-31-32-33-34-35-36-37-39-40-42-44-46-48-50-52-54-56-63(66)70-60-62(61-72-74(68,69)71-59-58-65(3,4)5)73-64(67)57-55-53-51-49-47-45-43-41-38-25-23-21-19-17-15-13-11-9-7-2/h9,11,15,17,21,23-24,26,38,41,45,47,51,53,62H,6-8,10,12-14,16,18-20,22,25,27-37,39-40,42-44,46,48-50,52,54-61H2,1-5H3/p+1/b11-9-,17-15-,23-21-,26-24-,41-38-,47-45-,53-51-. The molecule has 0 bridgehead atoms. The van der Waals surface area contributed by atoms with Crippen LogP contribution in [-0.2, 0) is 32.7 Å². The molecule has 428 valence electrons. The van der Waals surface area contributed by atoms with E-state index in [4.69, 9.17) is 18.5 Å². The van der Waals surface area contributed by atoms with Crippen molar-refractivity contribution in [3.63, 3.8) is 0 Å². The summed E-state index contributed by atoms with van der Waals surface area (Å²) in [4.78, 5) is 35.6. The number of allylic oxidation sites excluding steroid dienone is 14. The van der Waals surface area contributed by atoms with E-state index in [1.807, 2.05) is 33.3 Å². The van der Waals surface area contributed by atoms with Gasteiger partial charge in [0.1, 0.15) is 19.8 Å². The van der Waals surface area contributed by atoms with Crippen LogP contribution in [-0.4, -0.2) is 74.9 Å². The first-order valence-corrected chi connectivity index (χ1v) is 31.8. The van der Waals surface area contributed by atoms with Crippen LogP contribution in [0, 0.1) is 0 Å². The second-order valence-electron chi connectivity index (χ2n) is 21.4. The van der Waals surface area contributed by atoms with Gasteiger partial charge in [0.15, 0.2) is 6.10 Å². The molecule has 0 aromatic heterocycles. The molecular formula is C64H115NO8P+. The highest BCUT2D eigenvalue weighted by Crippen LogP contribution is 2.43. The molecule has 0 aliphatic rings. The third kappa shape index (κ3) is 58.5. The van der Waals surface area contributed by atoms with Gasteiger partial charge in [-0.2, -0.15) is 0 Å². The molecule has 0 aliphatic heterocycles. The first kappa shape index (κ1) is 71.2. The molecule has 0 aromatic carbocycles. The minimum absolute atomic E-state index is 0.0153. The van der Waals surface area contributed by atoms with Crippen molar-refractivity contribution >= 4 is 19.8 Å². The van der Waals surface area contributed by atoms with Gasteiger partial charge in [-0.1, -0.05) is 253 Å². The van der Waals surface area contributed by atoms with Crippen LogP contribution < -0.4 is 0 Å². The normalized spacial score (nSPS) is 13.9. The van der Waals surface area contributed by atoms with Crippen LogP contribution in [0.2, 0.25) is 0 Å². The molecule has 0 aliphatic carbocycles. The van der Waals surface area contributed by atoms with E-state index >= 15 is 0 Å². The quantitative estimate of drug-likeness (QED) is 0.0211. The molecule has 1 N–H and O–H groups in total. The van der Waals surface area contributed by atoms with Gasteiger partial charge in [-0.3, -0.25) is 18.6 Å². The molecule has 0 rings (SSSR count). The van der Waals surface area contributed by atoms with Gasteiger partial charge in [-0.05, 0) is 77.0 Å². The molecule has 0 heterocycles. The van der Waals surface area contributed by atoms with Crippen molar-refractivity contribution < 1.29 is 42.1 Å². The Kier molecular flexibility index (Phi) is 52.9. The first-order valence-electron chi connectivity index (χ1n) is 30.3.